The smallest absolute Gasteiger partial charge is 0.147 e. The van der Waals surface area contributed by atoms with Crippen molar-refractivity contribution in [3.63, 3.8) is 0 Å². The Kier molecular flexibility index (Phi) is 2.91. The molecule has 1 unspecified atom stereocenters. The molecule has 0 saturated carbocycles. The first kappa shape index (κ1) is 8.56. The third-order valence-electron chi connectivity index (χ3n) is 1.33. The lowest BCUT2D eigenvalue weighted by Gasteiger charge is -1.98. The quantitative estimate of drug-likeness (QED) is 0.721. The fraction of sp³-hybridized carbons (Fsp3) is 0.143. The van der Waals surface area contributed by atoms with Crippen LogP contribution in [-0.2, 0) is 10.0 Å². The minimum Gasteiger partial charge on any atom is -0.388 e. The highest BCUT2D eigenvalue weighted by molar-refractivity contribution is 8.08. The molecule has 0 saturated heterocycles. The Morgan fingerprint density at radius 2 is 1.91 bits per heavy atom. The van der Waals surface area contributed by atoms with E-state index in [1.807, 2.05) is 19.2 Å². The van der Waals surface area contributed by atoms with Crippen LogP contribution in [0.25, 0.3) is 0 Å². The summed E-state index contributed by atoms with van der Waals surface area (Å²) in [6.07, 6.45) is 0. The largest absolute Gasteiger partial charge is 0.388 e. The van der Waals surface area contributed by atoms with Gasteiger partial charge in [-0.25, -0.2) is 4.21 Å². The van der Waals surface area contributed by atoms with Crippen LogP contribution >= 0.6 is 10.7 Å². The fourth-order valence-electron chi connectivity index (χ4n) is 0.729. The molecular weight excluding hydrogens is 182 g/mol. The maximum absolute atomic E-state index is 10.7. The van der Waals surface area contributed by atoms with Crippen LogP contribution in [0.2, 0.25) is 0 Å². The highest BCUT2D eigenvalue weighted by Gasteiger charge is 1.97. The number of benzene rings is 1. The molecule has 1 aromatic rings. The van der Waals surface area contributed by atoms with Crippen LogP contribution in [0.4, 0.5) is 5.69 Å². The van der Waals surface area contributed by atoms with Gasteiger partial charge in [0, 0.05) is 12.7 Å². The molecular formula is C7H8ClNOS. The molecule has 0 aliphatic heterocycles. The van der Waals surface area contributed by atoms with Crippen LogP contribution in [0.1, 0.15) is 0 Å². The Bertz CT molecular complexity index is 260. The van der Waals surface area contributed by atoms with Crippen LogP contribution in [0.15, 0.2) is 29.2 Å². The lowest BCUT2D eigenvalue weighted by molar-refractivity contribution is 0.691. The summed E-state index contributed by atoms with van der Waals surface area (Å²) in [5, 5.41) is 2.95. The summed E-state index contributed by atoms with van der Waals surface area (Å²) >= 11 is 0. The van der Waals surface area contributed by atoms with Gasteiger partial charge in [-0.05, 0) is 34.9 Å². The van der Waals surface area contributed by atoms with Crippen molar-refractivity contribution < 1.29 is 4.21 Å². The van der Waals surface area contributed by atoms with Gasteiger partial charge in [0.1, 0.15) is 10.0 Å². The van der Waals surface area contributed by atoms with Gasteiger partial charge in [0.05, 0.1) is 4.90 Å². The van der Waals surface area contributed by atoms with E-state index in [0.29, 0.717) is 4.90 Å². The van der Waals surface area contributed by atoms with Gasteiger partial charge in [0.25, 0.3) is 0 Å². The van der Waals surface area contributed by atoms with Crippen molar-refractivity contribution >= 4 is 26.4 Å². The Morgan fingerprint density at radius 3 is 2.27 bits per heavy atom. The highest BCUT2D eigenvalue weighted by atomic mass is 35.7. The average Bonchev–Trinajstić information content (AvgIpc) is 2.05. The number of anilines is 1. The highest BCUT2D eigenvalue weighted by Crippen LogP contribution is 2.13. The molecule has 4 heteroatoms. The Hall–Kier alpha value is -0.540. The second-order valence-corrected chi connectivity index (χ2v) is 3.76. The van der Waals surface area contributed by atoms with Gasteiger partial charge < -0.3 is 5.32 Å². The van der Waals surface area contributed by atoms with E-state index in [9.17, 15) is 4.21 Å². The zero-order valence-corrected chi connectivity index (χ0v) is 7.58. The maximum atomic E-state index is 10.7. The first-order valence-electron chi connectivity index (χ1n) is 3.10. The maximum Gasteiger partial charge on any atom is 0.147 e. The molecule has 1 aromatic carbocycles. The average molecular weight is 190 g/mol. The number of hydrogen-bond acceptors (Lipinski definition) is 2. The first-order chi connectivity index (χ1) is 5.24. The van der Waals surface area contributed by atoms with Gasteiger partial charge in [-0.1, -0.05) is 0 Å². The zero-order chi connectivity index (χ0) is 8.27. The monoisotopic (exact) mass is 189 g/mol. The van der Waals surface area contributed by atoms with Gasteiger partial charge in [0.2, 0.25) is 0 Å². The lowest BCUT2D eigenvalue weighted by Crippen LogP contribution is -1.87. The summed E-state index contributed by atoms with van der Waals surface area (Å²) < 4.78 is 10.7. The first-order valence-corrected chi connectivity index (χ1v) is 5.07. The minimum atomic E-state index is -1.39. The molecule has 2 nitrogen and oxygen atoms in total. The molecule has 0 aromatic heterocycles. The van der Waals surface area contributed by atoms with E-state index in [1.165, 1.54) is 0 Å². The van der Waals surface area contributed by atoms with Crippen molar-refractivity contribution in [3.8, 4) is 0 Å². The van der Waals surface area contributed by atoms with Crippen molar-refractivity contribution in [3.05, 3.63) is 24.3 Å². The normalized spacial score (nSPS) is 12.5. The number of hydrogen-bond donors (Lipinski definition) is 1. The fourth-order valence-corrected chi connectivity index (χ4v) is 1.39. The van der Waals surface area contributed by atoms with Crippen LogP contribution in [0.3, 0.4) is 0 Å². The van der Waals surface area contributed by atoms with Crippen LogP contribution in [0, 0.1) is 0 Å². The van der Waals surface area contributed by atoms with Gasteiger partial charge >= 0.3 is 0 Å². The summed E-state index contributed by atoms with van der Waals surface area (Å²) in [7, 11) is 5.78. The van der Waals surface area contributed by atoms with E-state index < -0.39 is 10.0 Å². The van der Waals surface area contributed by atoms with E-state index in [4.69, 9.17) is 10.7 Å². The second-order valence-electron chi connectivity index (χ2n) is 2.00. The lowest BCUT2D eigenvalue weighted by atomic mass is 10.3. The summed E-state index contributed by atoms with van der Waals surface area (Å²) in [5.74, 6) is 0. The second kappa shape index (κ2) is 3.74. The molecule has 0 aliphatic carbocycles. The SMILES string of the molecule is CNc1ccc(S(=O)Cl)cc1. The molecule has 60 valence electrons. The number of nitrogens with one attached hydrogen (secondary N) is 1. The van der Waals surface area contributed by atoms with E-state index in [0.717, 1.165) is 5.69 Å². The molecule has 0 heterocycles. The van der Waals surface area contributed by atoms with Crippen molar-refractivity contribution in [2.45, 2.75) is 4.90 Å². The van der Waals surface area contributed by atoms with Gasteiger partial charge in [-0.15, -0.1) is 0 Å². The predicted molar refractivity (Wildman–Crippen MR) is 48.3 cm³/mol. The van der Waals surface area contributed by atoms with Crippen LogP contribution in [0.5, 0.6) is 0 Å². The van der Waals surface area contributed by atoms with E-state index >= 15 is 0 Å². The van der Waals surface area contributed by atoms with Gasteiger partial charge in [-0.2, -0.15) is 0 Å². The van der Waals surface area contributed by atoms with E-state index in [1.54, 1.807) is 12.1 Å². The zero-order valence-electron chi connectivity index (χ0n) is 6.00. The molecule has 1 atom stereocenters. The van der Waals surface area contributed by atoms with Crippen molar-refractivity contribution in [2.75, 3.05) is 12.4 Å². The number of rotatable bonds is 2. The Balaban J connectivity index is 2.91. The van der Waals surface area contributed by atoms with Crippen molar-refractivity contribution in [2.24, 2.45) is 0 Å². The molecule has 0 radical (unpaired) electrons. The van der Waals surface area contributed by atoms with Crippen molar-refractivity contribution in [1.29, 1.82) is 0 Å². The Morgan fingerprint density at radius 1 is 1.36 bits per heavy atom. The summed E-state index contributed by atoms with van der Waals surface area (Å²) in [6.45, 7) is 0. The van der Waals surface area contributed by atoms with Crippen molar-refractivity contribution in [1.82, 2.24) is 0 Å². The molecule has 11 heavy (non-hydrogen) atoms. The standard InChI is InChI=1S/C7H8ClNOS/c1-9-6-2-4-7(5-3-6)11(8)10/h2-5,9H,1H3. The van der Waals surface area contributed by atoms with E-state index in [2.05, 4.69) is 5.32 Å². The molecule has 0 amide bonds. The van der Waals surface area contributed by atoms with Crippen LogP contribution in [-0.4, -0.2) is 11.3 Å². The molecule has 0 fully saturated rings. The molecule has 1 rings (SSSR count). The minimum absolute atomic E-state index is 0.630. The topological polar surface area (TPSA) is 29.1 Å². The van der Waals surface area contributed by atoms with Gasteiger partial charge in [0.15, 0.2) is 0 Å². The Labute approximate surface area is 72.5 Å². The predicted octanol–water partition coefficient (Wildman–Crippen LogP) is 1.99. The third-order valence-corrected chi connectivity index (χ3v) is 2.51. The van der Waals surface area contributed by atoms with Gasteiger partial charge in [-0.3, -0.25) is 0 Å². The molecule has 0 aliphatic rings. The van der Waals surface area contributed by atoms with E-state index in [-0.39, 0.29) is 0 Å². The van der Waals surface area contributed by atoms with Crippen LogP contribution < -0.4 is 5.32 Å². The third kappa shape index (κ3) is 2.20. The summed E-state index contributed by atoms with van der Waals surface area (Å²) in [4.78, 5) is 0.630. The summed E-state index contributed by atoms with van der Waals surface area (Å²) in [5.41, 5.74) is 0.982. The molecule has 1 N–H and O–H groups in total. The number of halogens is 1. The molecule has 0 spiro atoms. The summed E-state index contributed by atoms with van der Waals surface area (Å²) in [6, 6.07) is 7.12. The molecule has 0 bridgehead atoms.